The number of rotatable bonds is 0. The van der Waals surface area contributed by atoms with Crippen molar-refractivity contribution in [1.29, 1.82) is 0 Å². The van der Waals surface area contributed by atoms with Crippen LogP contribution in [0.3, 0.4) is 0 Å². The van der Waals surface area contributed by atoms with Crippen LogP contribution >= 0.6 is 0 Å². The molecule has 0 aromatic carbocycles. The van der Waals surface area contributed by atoms with Gasteiger partial charge in [0.15, 0.2) is 0 Å². The molecule has 0 bridgehead atoms. The third-order valence-electron chi connectivity index (χ3n) is 1.93. The molecule has 0 radical (unpaired) electrons. The first-order valence-electron chi connectivity index (χ1n) is 3.22. The standard InChI is InChI=1S/C7H8O2/c8-7-4-5-2-1-3-6(5)9-7/h1,3,5-6H,2,4H2/t5-,6-/m0/s1. The van der Waals surface area contributed by atoms with Crippen LogP contribution in [0.2, 0.25) is 0 Å². The lowest BCUT2D eigenvalue weighted by Gasteiger charge is -2.02. The summed E-state index contributed by atoms with van der Waals surface area (Å²) in [6.07, 6.45) is 5.84. The van der Waals surface area contributed by atoms with Crippen LogP contribution < -0.4 is 0 Å². The molecule has 9 heavy (non-hydrogen) atoms. The number of carbonyl (C=O) groups is 1. The molecule has 1 aliphatic carbocycles. The molecule has 2 atom stereocenters. The highest BCUT2D eigenvalue weighted by Gasteiger charge is 2.34. The molecule has 2 nitrogen and oxygen atoms in total. The van der Waals surface area contributed by atoms with E-state index in [2.05, 4.69) is 6.08 Å². The summed E-state index contributed by atoms with van der Waals surface area (Å²) < 4.78 is 4.96. The molecular formula is C7H8O2. The normalized spacial score (nSPS) is 38.9. The van der Waals surface area contributed by atoms with Crippen LogP contribution in [0.15, 0.2) is 12.2 Å². The van der Waals surface area contributed by atoms with E-state index in [4.69, 9.17) is 4.74 Å². The predicted molar refractivity (Wildman–Crippen MR) is 31.7 cm³/mol. The van der Waals surface area contributed by atoms with Crippen molar-refractivity contribution in [2.24, 2.45) is 5.92 Å². The SMILES string of the molecule is O=C1C[C@@H]2CC=C[C@@H]2O1. The molecule has 0 N–H and O–H groups in total. The Morgan fingerprint density at radius 1 is 1.67 bits per heavy atom. The average molecular weight is 124 g/mol. The molecule has 48 valence electrons. The van der Waals surface area contributed by atoms with Gasteiger partial charge in [-0.1, -0.05) is 6.08 Å². The fourth-order valence-electron chi connectivity index (χ4n) is 1.43. The van der Waals surface area contributed by atoms with Gasteiger partial charge in [-0.2, -0.15) is 0 Å². The molecule has 0 saturated carbocycles. The van der Waals surface area contributed by atoms with Gasteiger partial charge in [0.2, 0.25) is 0 Å². The minimum absolute atomic E-state index is 0.0330. The summed E-state index contributed by atoms with van der Waals surface area (Å²) in [6, 6.07) is 0. The number of esters is 1. The first-order chi connectivity index (χ1) is 4.36. The molecule has 0 spiro atoms. The maximum absolute atomic E-state index is 10.6. The van der Waals surface area contributed by atoms with Crippen LogP contribution in [0.4, 0.5) is 0 Å². The highest BCUT2D eigenvalue weighted by Crippen LogP contribution is 2.30. The average Bonchev–Trinajstić information content (AvgIpc) is 2.22. The van der Waals surface area contributed by atoms with E-state index in [1.54, 1.807) is 0 Å². The molecule has 0 unspecified atom stereocenters. The van der Waals surface area contributed by atoms with E-state index in [-0.39, 0.29) is 12.1 Å². The van der Waals surface area contributed by atoms with Gasteiger partial charge < -0.3 is 4.74 Å². The maximum Gasteiger partial charge on any atom is 0.306 e. The molecular weight excluding hydrogens is 116 g/mol. The summed E-state index contributed by atoms with van der Waals surface area (Å²) >= 11 is 0. The van der Waals surface area contributed by atoms with Gasteiger partial charge in [-0.05, 0) is 12.5 Å². The van der Waals surface area contributed by atoms with Crippen molar-refractivity contribution in [3.63, 3.8) is 0 Å². The Morgan fingerprint density at radius 3 is 3.33 bits per heavy atom. The molecule has 0 aromatic heterocycles. The number of hydrogen-bond donors (Lipinski definition) is 0. The van der Waals surface area contributed by atoms with Gasteiger partial charge in [0.1, 0.15) is 6.10 Å². The zero-order valence-corrected chi connectivity index (χ0v) is 5.04. The molecule has 2 rings (SSSR count). The zero-order valence-electron chi connectivity index (χ0n) is 5.04. The first kappa shape index (κ1) is 5.03. The molecule has 1 aliphatic heterocycles. The van der Waals surface area contributed by atoms with E-state index >= 15 is 0 Å². The lowest BCUT2D eigenvalue weighted by Crippen LogP contribution is -2.06. The zero-order chi connectivity index (χ0) is 6.27. The molecule has 0 amide bonds. The van der Waals surface area contributed by atoms with Crippen LogP contribution in [0.5, 0.6) is 0 Å². The maximum atomic E-state index is 10.6. The summed E-state index contributed by atoms with van der Waals surface area (Å²) in [5.41, 5.74) is 0. The van der Waals surface area contributed by atoms with Crippen LogP contribution in [-0.4, -0.2) is 12.1 Å². The van der Waals surface area contributed by atoms with Gasteiger partial charge >= 0.3 is 5.97 Å². The Morgan fingerprint density at radius 2 is 2.56 bits per heavy atom. The molecule has 2 heteroatoms. The summed E-state index contributed by atoms with van der Waals surface area (Å²) in [7, 11) is 0. The van der Waals surface area contributed by atoms with Crippen molar-refractivity contribution in [3.8, 4) is 0 Å². The minimum Gasteiger partial charge on any atom is -0.458 e. The summed E-state index contributed by atoms with van der Waals surface area (Å²) in [4.78, 5) is 10.6. The Bertz CT molecular complexity index is 172. The minimum atomic E-state index is -0.0330. The number of allylic oxidation sites excluding steroid dienone is 1. The Balaban J connectivity index is 2.17. The van der Waals surface area contributed by atoms with E-state index in [0.29, 0.717) is 12.3 Å². The van der Waals surface area contributed by atoms with Crippen molar-refractivity contribution in [1.82, 2.24) is 0 Å². The monoisotopic (exact) mass is 124 g/mol. The van der Waals surface area contributed by atoms with Crippen LogP contribution in [0.25, 0.3) is 0 Å². The van der Waals surface area contributed by atoms with E-state index < -0.39 is 0 Å². The summed E-state index contributed by atoms with van der Waals surface area (Å²) in [5.74, 6) is 0.437. The number of hydrogen-bond acceptors (Lipinski definition) is 2. The number of carbonyl (C=O) groups excluding carboxylic acids is 1. The van der Waals surface area contributed by atoms with Gasteiger partial charge in [-0.15, -0.1) is 0 Å². The Labute approximate surface area is 53.5 Å². The van der Waals surface area contributed by atoms with Crippen LogP contribution in [-0.2, 0) is 9.53 Å². The second-order valence-corrected chi connectivity index (χ2v) is 2.58. The van der Waals surface area contributed by atoms with Gasteiger partial charge in [-0.25, -0.2) is 0 Å². The molecule has 0 aromatic rings. The highest BCUT2D eigenvalue weighted by atomic mass is 16.5. The van der Waals surface area contributed by atoms with Crippen molar-refractivity contribution in [2.75, 3.05) is 0 Å². The van der Waals surface area contributed by atoms with Gasteiger partial charge in [-0.3, -0.25) is 4.79 Å². The van der Waals surface area contributed by atoms with Crippen LogP contribution in [0, 0.1) is 5.92 Å². The smallest absolute Gasteiger partial charge is 0.306 e. The van der Waals surface area contributed by atoms with E-state index in [0.717, 1.165) is 6.42 Å². The lowest BCUT2D eigenvalue weighted by molar-refractivity contribution is -0.140. The predicted octanol–water partition coefficient (Wildman–Crippen LogP) is 0.878. The second kappa shape index (κ2) is 1.59. The van der Waals surface area contributed by atoms with Crippen molar-refractivity contribution >= 4 is 5.97 Å². The van der Waals surface area contributed by atoms with E-state index in [1.165, 1.54) is 0 Å². The molecule has 1 fully saturated rings. The largest absolute Gasteiger partial charge is 0.458 e. The van der Waals surface area contributed by atoms with Crippen molar-refractivity contribution in [3.05, 3.63) is 12.2 Å². The van der Waals surface area contributed by atoms with Gasteiger partial charge in [0, 0.05) is 5.92 Å². The third kappa shape index (κ3) is 0.661. The number of fused-ring (bicyclic) bond motifs is 1. The van der Waals surface area contributed by atoms with E-state index in [1.807, 2.05) is 6.08 Å². The van der Waals surface area contributed by atoms with Gasteiger partial charge in [0.25, 0.3) is 0 Å². The Kier molecular flexibility index (Phi) is 0.891. The lowest BCUT2D eigenvalue weighted by atomic mass is 10.0. The molecule has 1 heterocycles. The van der Waals surface area contributed by atoms with Crippen molar-refractivity contribution < 1.29 is 9.53 Å². The molecule has 1 saturated heterocycles. The fourth-order valence-corrected chi connectivity index (χ4v) is 1.43. The van der Waals surface area contributed by atoms with Crippen LogP contribution in [0.1, 0.15) is 12.8 Å². The second-order valence-electron chi connectivity index (χ2n) is 2.58. The molecule has 2 aliphatic rings. The number of ether oxygens (including phenoxy) is 1. The first-order valence-corrected chi connectivity index (χ1v) is 3.22. The summed E-state index contributed by atoms with van der Waals surface area (Å²) in [6.45, 7) is 0. The fraction of sp³-hybridized carbons (Fsp3) is 0.571. The van der Waals surface area contributed by atoms with E-state index in [9.17, 15) is 4.79 Å². The topological polar surface area (TPSA) is 26.3 Å². The van der Waals surface area contributed by atoms with Gasteiger partial charge in [0.05, 0.1) is 6.42 Å². The Hall–Kier alpha value is -0.790. The highest BCUT2D eigenvalue weighted by molar-refractivity contribution is 5.72. The summed E-state index contributed by atoms with van der Waals surface area (Å²) in [5, 5.41) is 0. The third-order valence-corrected chi connectivity index (χ3v) is 1.93. The van der Waals surface area contributed by atoms with Crippen molar-refractivity contribution in [2.45, 2.75) is 18.9 Å². The quantitative estimate of drug-likeness (QED) is 0.354.